The molecule has 0 heterocycles. The van der Waals surface area contributed by atoms with Gasteiger partial charge in [-0.3, -0.25) is 0 Å². The molecule has 0 amide bonds. The van der Waals surface area contributed by atoms with Gasteiger partial charge >= 0.3 is 5.97 Å². The van der Waals surface area contributed by atoms with Crippen LogP contribution < -0.4 is 5.73 Å². The Morgan fingerprint density at radius 1 is 1.10 bits per heavy atom. The molecule has 0 aromatic heterocycles. The highest BCUT2D eigenvalue weighted by molar-refractivity contribution is 5.91. The van der Waals surface area contributed by atoms with Crippen molar-refractivity contribution in [2.24, 2.45) is 17.8 Å². The van der Waals surface area contributed by atoms with Crippen LogP contribution in [0.25, 0.3) is 0 Å². The summed E-state index contributed by atoms with van der Waals surface area (Å²) in [6.45, 7) is 0. The predicted molar refractivity (Wildman–Crippen MR) is 77.7 cm³/mol. The van der Waals surface area contributed by atoms with Gasteiger partial charge < -0.3 is 10.8 Å². The van der Waals surface area contributed by atoms with Crippen molar-refractivity contribution in [2.45, 2.75) is 43.9 Å². The molecule has 4 bridgehead atoms. The van der Waals surface area contributed by atoms with Crippen molar-refractivity contribution in [3.8, 4) is 0 Å². The summed E-state index contributed by atoms with van der Waals surface area (Å²) in [6.07, 6.45) is 7.67. The summed E-state index contributed by atoms with van der Waals surface area (Å²) in [5, 5.41) is 9.54. The molecule has 20 heavy (non-hydrogen) atoms. The minimum Gasteiger partial charge on any atom is -0.478 e. The van der Waals surface area contributed by atoms with E-state index < -0.39 is 5.97 Å². The molecule has 4 fully saturated rings. The molecule has 0 unspecified atom stereocenters. The van der Waals surface area contributed by atoms with E-state index in [-0.39, 0.29) is 5.41 Å². The third kappa shape index (κ3) is 1.68. The molecular formula is C17H21NO2. The summed E-state index contributed by atoms with van der Waals surface area (Å²) in [5.41, 5.74) is 7.96. The maximum atomic E-state index is 11.6. The lowest BCUT2D eigenvalue weighted by molar-refractivity contribution is -0.00581. The number of carbonyl (C=O) groups is 1. The largest absolute Gasteiger partial charge is 0.478 e. The van der Waals surface area contributed by atoms with Gasteiger partial charge in [-0.25, -0.2) is 4.79 Å². The lowest BCUT2D eigenvalue weighted by Crippen LogP contribution is -2.49. The summed E-state index contributed by atoms with van der Waals surface area (Å²) in [5.74, 6) is 1.63. The third-order valence-electron chi connectivity index (χ3n) is 5.88. The second-order valence-electron chi connectivity index (χ2n) is 7.31. The van der Waals surface area contributed by atoms with Gasteiger partial charge in [-0.2, -0.15) is 0 Å². The highest BCUT2D eigenvalue weighted by Gasteiger charge is 2.52. The highest BCUT2D eigenvalue weighted by atomic mass is 16.4. The molecule has 3 N–H and O–H groups in total. The average molecular weight is 271 g/mol. The standard InChI is InChI=1S/C17H21NO2/c18-13-1-2-15(14(6-13)16(19)20)17-7-10-3-11(8-17)5-12(4-10)9-17/h1-2,6,10-12H,3-5,7-9,18H2,(H,19,20). The Morgan fingerprint density at radius 2 is 1.65 bits per heavy atom. The van der Waals surface area contributed by atoms with Crippen molar-refractivity contribution in [3.05, 3.63) is 29.3 Å². The zero-order valence-electron chi connectivity index (χ0n) is 11.6. The second-order valence-corrected chi connectivity index (χ2v) is 7.31. The predicted octanol–water partition coefficient (Wildman–Crippen LogP) is 3.43. The summed E-state index contributed by atoms with van der Waals surface area (Å²) in [4.78, 5) is 11.6. The van der Waals surface area contributed by atoms with E-state index in [2.05, 4.69) is 0 Å². The molecule has 3 heteroatoms. The van der Waals surface area contributed by atoms with Crippen LogP contribution in [0.1, 0.15) is 54.4 Å². The van der Waals surface area contributed by atoms with Crippen LogP contribution in [0.4, 0.5) is 5.69 Å². The summed E-state index contributed by atoms with van der Waals surface area (Å²) in [7, 11) is 0. The normalized spacial score (nSPS) is 38.1. The summed E-state index contributed by atoms with van der Waals surface area (Å²) in [6, 6.07) is 5.52. The average Bonchev–Trinajstić information content (AvgIpc) is 2.36. The number of aromatic carboxylic acids is 1. The monoisotopic (exact) mass is 271 g/mol. The third-order valence-corrected chi connectivity index (χ3v) is 5.88. The van der Waals surface area contributed by atoms with Crippen LogP contribution in [0.3, 0.4) is 0 Å². The topological polar surface area (TPSA) is 63.3 Å². The molecule has 4 aliphatic rings. The van der Waals surface area contributed by atoms with Crippen LogP contribution >= 0.6 is 0 Å². The van der Waals surface area contributed by atoms with Gasteiger partial charge in [-0.1, -0.05) is 6.07 Å². The van der Waals surface area contributed by atoms with Crippen LogP contribution in [-0.4, -0.2) is 11.1 Å². The molecule has 0 atom stereocenters. The first-order valence-corrected chi connectivity index (χ1v) is 7.69. The summed E-state index contributed by atoms with van der Waals surface area (Å²) >= 11 is 0. The van der Waals surface area contributed by atoms with Crippen LogP contribution in [-0.2, 0) is 5.41 Å². The fourth-order valence-corrected chi connectivity index (χ4v) is 5.64. The second kappa shape index (κ2) is 4.00. The van der Waals surface area contributed by atoms with Crippen molar-refractivity contribution in [2.75, 3.05) is 5.73 Å². The van der Waals surface area contributed by atoms with Crippen LogP contribution in [0, 0.1) is 17.8 Å². The summed E-state index contributed by atoms with van der Waals surface area (Å²) < 4.78 is 0. The number of benzene rings is 1. The molecule has 0 spiro atoms. The van der Waals surface area contributed by atoms with Crippen molar-refractivity contribution >= 4 is 11.7 Å². The molecule has 4 aliphatic carbocycles. The molecule has 0 aliphatic heterocycles. The number of hydrogen-bond acceptors (Lipinski definition) is 2. The van der Waals surface area contributed by atoms with Gasteiger partial charge in [-0.15, -0.1) is 0 Å². The van der Waals surface area contributed by atoms with E-state index in [9.17, 15) is 9.90 Å². The van der Waals surface area contributed by atoms with Crippen molar-refractivity contribution in [1.82, 2.24) is 0 Å². The van der Waals surface area contributed by atoms with E-state index >= 15 is 0 Å². The van der Waals surface area contributed by atoms with Gasteiger partial charge in [0.05, 0.1) is 5.56 Å². The lowest BCUT2D eigenvalue weighted by Gasteiger charge is -2.57. The Labute approximate surface area is 119 Å². The fraction of sp³-hybridized carbons (Fsp3) is 0.588. The van der Waals surface area contributed by atoms with E-state index in [4.69, 9.17) is 5.73 Å². The van der Waals surface area contributed by atoms with Gasteiger partial charge in [0, 0.05) is 5.69 Å². The highest BCUT2D eigenvalue weighted by Crippen LogP contribution is 2.61. The van der Waals surface area contributed by atoms with Crippen molar-refractivity contribution in [3.63, 3.8) is 0 Å². The van der Waals surface area contributed by atoms with E-state index in [0.717, 1.165) is 23.3 Å². The first kappa shape index (κ1) is 12.2. The van der Waals surface area contributed by atoms with Crippen LogP contribution in [0.5, 0.6) is 0 Å². The molecule has 0 radical (unpaired) electrons. The van der Waals surface area contributed by atoms with Gasteiger partial charge in [0.1, 0.15) is 0 Å². The van der Waals surface area contributed by atoms with Crippen molar-refractivity contribution in [1.29, 1.82) is 0 Å². The number of rotatable bonds is 2. The first-order chi connectivity index (χ1) is 9.56. The molecule has 106 valence electrons. The minimum absolute atomic E-state index is 0.121. The minimum atomic E-state index is -0.831. The van der Waals surface area contributed by atoms with E-state index in [1.165, 1.54) is 38.5 Å². The lowest BCUT2D eigenvalue weighted by atomic mass is 9.47. The maximum absolute atomic E-state index is 11.6. The Hall–Kier alpha value is -1.51. The molecule has 3 nitrogen and oxygen atoms in total. The Bertz CT molecular complexity index is 543. The zero-order chi connectivity index (χ0) is 13.9. The Balaban J connectivity index is 1.83. The van der Waals surface area contributed by atoms with E-state index in [1.54, 1.807) is 6.07 Å². The smallest absolute Gasteiger partial charge is 0.336 e. The number of hydrogen-bond donors (Lipinski definition) is 2. The molecular weight excluding hydrogens is 250 g/mol. The maximum Gasteiger partial charge on any atom is 0.336 e. The van der Waals surface area contributed by atoms with Gasteiger partial charge in [0.25, 0.3) is 0 Å². The van der Waals surface area contributed by atoms with Crippen LogP contribution in [0.2, 0.25) is 0 Å². The van der Waals surface area contributed by atoms with E-state index in [0.29, 0.717) is 11.3 Å². The number of nitrogen functional groups attached to an aromatic ring is 1. The van der Waals surface area contributed by atoms with Gasteiger partial charge in [-0.05, 0) is 79.4 Å². The SMILES string of the molecule is Nc1ccc(C23CC4CC(CC(C4)C2)C3)c(C(=O)O)c1. The first-order valence-electron chi connectivity index (χ1n) is 7.69. The zero-order valence-corrected chi connectivity index (χ0v) is 11.6. The molecule has 5 rings (SSSR count). The fourth-order valence-electron chi connectivity index (χ4n) is 5.64. The number of carboxylic acid groups (broad SMARTS) is 1. The quantitative estimate of drug-likeness (QED) is 0.810. The van der Waals surface area contributed by atoms with Gasteiger partial charge in [0.2, 0.25) is 0 Å². The molecule has 1 aromatic carbocycles. The molecule has 1 aromatic rings. The Morgan fingerprint density at radius 3 is 2.15 bits per heavy atom. The molecule has 0 saturated heterocycles. The number of nitrogens with two attached hydrogens (primary N) is 1. The molecule has 4 saturated carbocycles. The Kier molecular flexibility index (Phi) is 2.45. The number of anilines is 1. The van der Waals surface area contributed by atoms with Crippen molar-refractivity contribution < 1.29 is 9.90 Å². The van der Waals surface area contributed by atoms with Gasteiger partial charge in [0.15, 0.2) is 0 Å². The van der Waals surface area contributed by atoms with Crippen LogP contribution in [0.15, 0.2) is 18.2 Å². The van der Waals surface area contributed by atoms with E-state index in [1.807, 2.05) is 12.1 Å². The number of carboxylic acids is 1.